The standard InChI is InChI=1S/C31H35N3O7/c1-38-27-13-5-20(17-29(27)40-3)15-16-32-23-10-12-25(32)26(18-23)33(24-11-14-28(39-2)30(19-24)41-4)31(35)21-6-8-22(9-7-21)34(36)37/h5-9,11,13-14,17,19,23,25-26H,10,12,15-16,18H2,1-4H3/t23?,25-,26+/m1/s1. The van der Waals surface area contributed by atoms with Crippen molar-refractivity contribution in [2.45, 2.75) is 43.8 Å². The number of non-ortho nitro benzene ring substituents is 1. The average Bonchev–Trinajstić information content (AvgIpc) is 3.56. The fraction of sp³-hybridized carbons (Fsp3) is 0.387. The third-order valence-corrected chi connectivity index (χ3v) is 8.28. The average molecular weight is 562 g/mol. The number of anilines is 1. The van der Waals surface area contributed by atoms with E-state index in [1.807, 2.05) is 29.2 Å². The second-order valence-corrected chi connectivity index (χ2v) is 10.3. The molecule has 10 nitrogen and oxygen atoms in total. The number of rotatable bonds is 11. The number of nitrogens with zero attached hydrogens (tertiary/aromatic N) is 3. The Hall–Kier alpha value is -4.31. The van der Waals surface area contributed by atoms with Crippen LogP contribution in [0.4, 0.5) is 11.4 Å². The third-order valence-electron chi connectivity index (χ3n) is 8.28. The number of methoxy groups -OCH3 is 4. The molecule has 10 heteroatoms. The largest absolute Gasteiger partial charge is 0.493 e. The van der Waals surface area contributed by atoms with E-state index < -0.39 is 4.92 Å². The Bertz CT molecular complexity index is 1410. The van der Waals surface area contributed by atoms with E-state index in [1.54, 1.807) is 34.5 Å². The van der Waals surface area contributed by atoms with Gasteiger partial charge in [-0.25, -0.2) is 0 Å². The van der Waals surface area contributed by atoms with Gasteiger partial charge in [-0.1, -0.05) is 6.07 Å². The van der Waals surface area contributed by atoms with Crippen molar-refractivity contribution >= 4 is 17.3 Å². The third kappa shape index (κ3) is 5.52. The smallest absolute Gasteiger partial charge is 0.269 e. The minimum absolute atomic E-state index is 0.0551. The highest BCUT2D eigenvalue weighted by molar-refractivity contribution is 6.07. The molecule has 3 aromatic rings. The highest BCUT2D eigenvalue weighted by Gasteiger charge is 2.49. The van der Waals surface area contributed by atoms with Gasteiger partial charge in [0.25, 0.3) is 11.6 Å². The van der Waals surface area contributed by atoms with E-state index in [1.165, 1.54) is 24.3 Å². The van der Waals surface area contributed by atoms with Crippen molar-refractivity contribution in [2.75, 3.05) is 39.9 Å². The Morgan fingerprint density at radius 1 is 0.878 bits per heavy atom. The van der Waals surface area contributed by atoms with E-state index in [2.05, 4.69) is 11.0 Å². The monoisotopic (exact) mass is 561 g/mol. The molecule has 2 aliphatic heterocycles. The van der Waals surface area contributed by atoms with E-state index in [0.29, 0.717) is 40.3 Å². The maximum atomic E-state index is 14.1. The molecule has 0 N–H and O–H groups in total. The van der Waals surface area contributed by atoms with Gasteiger partial charge in [0.05, 0.1) is 39.4 Å². The van der Waals surface area contributed by atoms with Crippen molar-refractivity contribution in [3.05, 3.63) is 81.9 Å². The van der Waals surface area contributed by atoms with Gasteiger partial charge in [0.1, 0.15) is 0 Å². The summed E-state index contributed by atoms with van der Waals surface area (Å²) in [5.41, 5.74) is 2.19. The number of benzene rings is 3. The number of carbonyl (C=O) groups excluding carboxylic acids is 1. The molecule has 2 heterocycles. The highest BCUT2D eigenvalue weighted by atomic mass is 16.6. The number of carbonyl (C=O) groups is 1. The van der Waals surface area contributed by atoms with Gasteiger partial charge in [-0.3, -0.25) is 19.8 Å². The van der Waals surface area contributed by atoms with Crippen LogP contribution in [0.5, 0.6) is 23.0 Å². The van der Waals surface area contributed by atoms with E-state index in [9.17, 15) is 14.9 Å². The molecule has 216 valence electrons. The molecule has 1 unspecified atom stereocenters. The first-order valence-electron chi connectivity index (χ1n) is 13.6. The van der Waals surface area contributed by atoms with Crippen molar-refractivity contribution in [2.24, 2.45) is 0 Å². The van der Waals surface area contributed by atoms with Crippen LogP contribution >= 0.6 is 0 Å². The summed E-state index contributed by atoms with van der Waals surface area (Å²) < 4.78 is 21.9. The number of nitro benzene ring substituents is 1. The SMILES string of the molecule is COc1ccc(CCN2C3CC[C@@H]2[C@@H](N(C(=O)c2ccc([N+](=O)[O-])cc2)c2ccc(OC)c(OC)c2)C3)cc1OC. The molecule has 0 spiro atoms. The quantitative estimate of drug-likeness (QED) is 0.235. The Morgan fingerprint density at radius 3 is 2.15 bits per heavy atom. The van der Waals surface area contributed by atoms with Gasteiger partial charge in [-0.15, -0.1) is 0 Å². The number of hydrogen-bond acceptors (Lipinski definition) is 8. The summed E-state index contributed by atoms with van der Waals surface area (Å²) >= 11 is 0. The Morgan fingerprint density at radius 2 is 1.51 bits per heavy atom. The number of ether oxygens (including phenoxy) is 4. The molecule has 3 atom stereocenters. The van der Waals surface area contributed by atoms with Crippen LogP contribution in [0.25, 0.3) is 0 Å². The second kappa shape index (κ2) is 12.1. The van der Waals surface area contributed by atoms with Crippen molar-refractivity contribution in [1.29, 1.82) is 0 Å². The first-order valence-corrected chi connectivity index (χ1v) is 13.6. The Balaban J connectivity index is 1.43. The maximum absolute atomic E-state index is 14.1. The summed E-state index contributed by atoms with van der Waals surface area (Å²) in [5.74, 6) is 2.31. The molecule has 2 aliphatic rings. The molecule has 2 fully saturated rings. The van der Waals surface area contributed by atoms with E-state index in [-0.39, 0.29) is 23.7 Å². The van der Waals surface area contributed by atoms with E-state index >= 15 is 0 Å². The molecule has 1 amide bonds. The zero-order chi connectivity index (χ0) is 29.1. The molecule has 41 heavy (non-hydrogen) atoms. The number of hydrogen-bond donors (Lipinski definition) is 0. The molecular weight excluding hydrogens is 526 g/mol. The van der Waals surface area contributed by atoms with Gasteiger partial charge in [0, 0.05) is 48.1 Å². The van der Waals surface area contributed by atoms with Gasteiger partial charge in [0.2, 0.25) is 0 Å². The van der Waals surface area contributed by atoms with E-state index in [4.69, 9.17) is 18.9 Å². The summed E-state index contributed by atoms with van der Waals surface area (Å²) in [6.45, 7) is 0.854. The second-order valence-electron chi connectivity index (χ2n) is 10.3. The van der Waals surface area contributed by atoms with Crippen LogP contribution in [-0.2, 0) is 6.42 Å². The minimum atomic E-state index is -0.466. The predicted molar refractivity (Wildman–Crippen MR) is 155 cm³/mol. The van der Waals surface area contributed by atoms with Crippen molar-refractivity contribution in [3.8, 4) is 23.0 Å². The fourth-order valence-corrected chi connectivity index (χ4v) is 6.29. The van der Waals surface area contributed by atoms with Gasteiger partial charge in [-0.2, -0.15) is 0 Å². The van der Waals surface area contributed by atoms with Gasteiger partial charge < -0.3 is 23.8 Å². The molecule has 0 aliphatic carbocycles. The lowest BCUT2D eigenvalue weighted by Gasteiger charge is -2.35. The minimum Gasteiger partial charge on any atom is -0.493 e. The lowest BCUT2D eigenvalue weighted by atomic mass is 9.93. The number of amides is 1. The fourth-order valence-electron chi connectivity index (χ4n) is 6.29. The van der Waals surface area contributed by atoms with Crippen LogP contribution in [0, 0.1) is 10.1 Å². The normalized spacial score (nSPS) is 19.6. The van der Waals surface area contributed by atoms with Crippen LogP contribution in [-0.4, -0.2) is 68.8 Å². The Kier molecular flexibility index (Phi) is 8.30. The van der Waals surface area contributed by atoms with Crippen molar-refractivity contribution < 1.29 is 28.7 Å². The molecule has 5 rings (SSSR count). The van der Waals surface area contributed by atoms with Crippen LogP contribution < -0.4 is 23.8 Å². The van der Waals surface area contributed by atoms with Crippen LogP contribution in [0.2, 0.25) is 0 Å². The lowest BCUT2D eigenvalue weighted by Crippen LogP contribution is -2.48. The number of nitro groups is 1. The summed E-state index contributed by atoms with van der Waals surface area (Å²) in [5, 5.41) is 11.2. The summed E-state index contributed by atoms with van der Waals surface area (Å²) in [4.78, 5) is 29.2. The maximum Gasteiger partial charge on any atom is 0.269 e. The van der Waals surface area contributed by atoms with Crippen LogP contribution in [0.15, 0.2) is 60.7 Å². The predicted octanol–water partition coefficient (Wildman–Crippen LogP) is 5.12. The summed E-state index contributed by atoms with van der Waals surface area (Å²) in [7, 11) is 6.40. The van der Waals surface area contributed by atoms with Crippen LogP contribution in [0.3, 0.4) is 0 Å². The molecule has 0 radical (unpaired) electrons. The molecule has 2 saturated heterocycles. The first-order chi connectivity index (χ1) is 19.9. The van der Waals surface area contributed by atoms with Crippen molar-refractivity contribution in [3.63, 3.8) is 0 Å². The lowest BCUT2D eigenvalue weighted by molar-refractivity contribution is -0.384. The molecule has 3 aromatic carbocycles. The molecule has 0 aromatic heterocycles. The number of fused-ring (bicyclic) bond motifs is 2. The molecule has 2 bridgehead atoms. The molecule has 0 saturated carbocycles. The van der Waals surface area contributed by atoms with Gasteiger partial charge >= 0.3 is 0 Å². The first kappa shape index (κ1) is 28.2. The topological polar surface area (TPSA) is 104 Å². The van der Waals surface area contributed by atoms with Crippen molar-refractivity contribution in [1.82, 2.24) is 4.90 Å². The highest BCUT2D eigenvalue weighted by Crippen LogP contribution is 2.43. The zero-order valence-electron chi connectivity index (χ0n) is 23.7. The van der Waals surface area contributed by atoms with Crippen LogP contribution in [0.1, 0.15) is 35.2 Å². The Labute approximate surface area is 239 Å². The summed E-state index contributed by atoms with van der Waals surface area (Å²) in [6.07, 6.45) is 3.74. The van der Waals surface area contributed by atoms with Gasteiger partial charge in [0.15, 0.2) is 23.0 Å². The van der Waals surface area contributed by atoms with Gasteiger partial charge in [-0.05, 0) is 67.6 Å². The zero-order valence-corrected chi connectivity index (χ0v) is 23.7. The summed E-state index contributed by atoms with van der Waals surface area (Å²) in [6, 6.07) is 17.7. The molecular formula is C31H35N3O7. The van der Waals surface area contributed by atoms with E-state index in [0.717, 1.165) is 37.8 Å².